The standard InChI is InChI=1S/C15H13Cl2FN2O/c16-14-13(10-2-1-3-11(18)7-10)15(17)20-12(19-14)6-9-4-5-21-8-9/h1-3,7,9H,4-6,8H2. The Kier molecular flexibility index (Phi) is 4.38. The molecule has 1 atom stereocenters. The molecule has 1 aliphatic heterocycles. The van der Waals surface area contributed by atoms with Crippen LogP contribution in [0.25, 0.3) is 11.1 Å². The van der Waals surface area contributed by atoms with E-state index >= 15 is 0 Å². The van der Waals surface area contributed by atoms with Gasteiger partial charge in [0.2, 0.25) is 0 Å². The van der Waals surface area contributed by atoms with Crippen molar-refractivity contribution < 1.29 is 9.13 Å². The van der Waals surface area contributed by atoms with E-state index < -0.39 is 0 Å². The van der Waals surface area contributed by atoms with E-state index in [1.54, 1.807) is 12.1 Å². The predicted octanol–water partition coefficient (Wildman–Crippen LogP) is 4.17. The molecular formula is C15H13Cl2FN2O. The van der Waals surface area contributed by atoms with E-state index in [1.807, 2.05) is 0 Å². The van der Waals surface area contributed by atoms with Crippen LogP contribution in [0.4, 0.5) is 4.39 Å². The first kappa shape index (κ1) is 14.7. The van der Waals surface area contributed by atoms with Gasteiger partial charge in [0, 0.05) is 19.6 Å². The molecule has 0 bridgehead atoms. The zero-order valence-corrected chi connectivity index (χ0v) is 12.7. The van der Waals surface area contributed by atoms with Crippen molar-refractivity contribution in [2.75, 3.05) is 13.2 Å². The molecule has 1 unspecified atom stereocenters. The molecule has 2 heterocycles. The van der Waals surface area contributed by atoms with Crippen LogP contribution in [0, 0.1) is 11.7 Å². The van der Waals surface area contributed by atoms with Gasteiger partial charge in [-0.15, -0.1) is 0 Å². The minimum Gasteiger partial charge on any atom is -0.381 e. The highest BCUT2D eigenvalue weighted by Crippen LogP contribution is 2.33. The molecule has 6 heteroatoms. The molecule has 1 saturated heterocycles. The highest BCUT2D eigenvalue weighted by atomic mass is 35.5. The Bertz CT molecular complexity index is 637. The van der Waals surface area contributed by atoms with Gasteiger partial charge in [0.1, 0.15) is 21.9 Å². The molecule has 0 aliphatic carbocycles. The fraction of sp³-hybridized carbons (Fsp3) is 0.333. The van der Waals surface area contributed by atoms with Crippen LogP contribution in [0.1, 0.15) is 12.2 Å². The van der Waals surface area contributed by atoms with Gasteiger partial charge in [0.25, 0.3) is 0 Å². The fourth-order valence-electron chi connectivity index (χ4n) is 2.42. The zero-order chi connectivity index (χ0) is 14.8. The van der Waals surface area contributed by atoms with Crippen LogP contribution < -0.4 is 0 Å². The minimum absolute atomic E-state index is 0.245. The van der Waals surface area contributed by atoms with Crippen molar-refractivity contribution >= 4 is 23.2 Å². The first-order valence-corrected chi connectivity index (χ1v) is 7.44. The van der Waals surface area contributed by atoms with E-state index in [0.29, 0.717) is 35.9 Å². The maximum absolute atomic E-state index is 13.3. The van der Waals surface area contributed by atoms with Gasteiger partial charge in [0.05, 0.1) is 5.56 Å². The summed E-state index contributed by atoms with van der Waals surface area (Å²) in [7, 11) is 0. The first-order valence-electron chi connectivity index (χ1n) is 6.69. The molecule has 1 aromatic heterocycles. The van der Waals surface area contributed by atoms with Crippen LogP contribution in [0.3, 0.4) is 0 Å². The van der Waals surface area contributed by atoms with Crippen LogP contribution in [0.2, 0.25) is 10.3 Å². The van der Waals surface area contributed by atoms with Crippen molar-refractivity contribution in [2.24, 2.45) is 5.92 Å². The van der Waals surface area contributed by atoms with Crippen LogP contribution in [-0.4, -0.2) is 23.2 Å². The van der Waals surface area contributed by atoms with Gasteiger partial charge in [-0.2, -0.15) is 0 Å². The summed E-state index contributed by atoms with van der Waals surface area (Å²) in [6.45, 7) is 1.48. The molecule has 110 valence electrons. The van der Waals surface area contributed by atoms with Crippen molar-refractivity contribution in [3.05, 3.63) is 46.2 Å². The van der Waals surface area contributed by atoms with E-state index in [0.717, 1.165) is 13.0 Å². The lowest BCUT2D eigenvalue weighted by molar-refractivity contribution is 0.185. The first-order chi connectivity index (χ1) is 10.1. The molecule has 3 nitrogen and oxygen atoms in total. The highest BCUT2D eigenvalue weighted by Gasteiger charge is 2.20. The second-order valence-corrected chi connectivity index (χ2v) is 5.76. The quantitative estimate of drug-likeness (QED) is 0.794. The van der Waals surface area contributed by atoms with Crippen molar-refractivity contribution in [1.82, 2.24) is 9.97 Å². The van der Waals surface area contributed by atoms with E-state index in [2.05, 4.69) is 9.97 Å². The maximum atomic E-state index is 13.3. The van der Waals surface area contributed by atoms with Crippen LogP contribution in [0.5, 0.6) is 0 Å². The van der Waals surface area contributed by atoms with Gasteiger partial charge in [-0.3, -0.25) is 0 Å². The van der Waals surface area contributed by atoms with Crippen LogP contribution in [-0.2, 0) is 11.2 Å². The second kappa shape index (κ2) is 6.26. The average Bonchev–Trinajstić information content (AvgIpc) is 2.91. The third-order valence-corrected chi connectivity index (χ3v) is 4.02. The van der Waals surface area contributed by atoms with Crippen molar-refractivity contribution in [3.63, 3.8) is 0 Å². The lowest BCUT2D eigenvalue weighted by atomic mass is 10.0. The summed E-state index contributed by atoms with van der Waals surface area (Å²) in [6, 6.07) is 6.05. The third-order valence-electron chi connectivity index (χ3n) is 3.48. The molecule has 1 aromatic carbocycles. The van der Waals surface area contributed by atoms with Crippen molar-refractivity contribution in [1.29, 1.82) is 0 Å². The lowest BCUT2D eigenvalue weighted by Crippen LogP contribution is -2.08. The van der Waals surface area contributed by atoms with Gasteiger partial charge < -0.3 is 4.74 Å². The molecule has 1 aliphatic rings. The van der Waals surface area contributed by atoms with Gasteiger partial charge in [-0.25, -0.2) is 14.4 Å². The average molecular weight is 327 g/mol. The highest BCUT2D eigenvalue weighted by molar-refractivity contribution is 6.37. The Morgan fingerprint density at radius 1 is 1.24 bits per heavy atom. The number of nitrogens with zero attached hydrogens (tertiary/aromatic N) is 2. The number of halogens is 3. The summed E-state index contributed by atoms with van der Waals surface area (Å²) in [4.78, 5) is 8.59. The number of rotatable bonds is 3. The summed E-state index contributed by atoms with van der Waals surface area (Å²) in [6.07, 6.45) is 1.67. The molecule has 1 fully saturated rings. The molecule has 0 radical (unpaired) electrons. The Morgan fingerprint density at radius 3 is 2.62 bits per heavy atom. The summed E-state index contributed by atoms with van der Waals surface area (Å²) in [5.74, 6) is 0.643. The van der Waals surface area contributed by atoms with Gasteiger partial charge in [-0.05, 0) is 30.0 Å². The Labute approximate surface area is 132 Å². The minimum atomic E-state index is -0.355. The van der Waals surface area contributed by atoms with Crippen LogP contribution >= 0.6 is 23.2 Å². The van der Waals surface area contributed by atoms with Gasteiger partial charge >= 0.3 is 0 Å². The maximum Gasteiger partial charge on any atom is 0.142 e. The second-order valence-electron chi connectivity index (χ2n) is 5.04. The monoisotopic (exact) mass is 326 g/mol. The molecule has 3 rings (SSSR count). The van der Waals surface area contributed by atoms with Gasteiger partial charge in [0.15, 0.2) is 0 Å². The summed E-state index contributed by atoms with van der Waals surface area (Å²) in [5.41, 5.74) is 1.03. The molecule has 0 spiro atoms. The molecule has 0 saturated carbocycles. The number of hydrogen-bond acceptors (Lipinski definition) is 3. The number of hydrogen-bond donors (Lipinski definition) is 0. The van der Waals surface area contributed by atoms with E-state index in [4.69, 9.17) is 27.9 Å². The lowest BCUT2D eigenvalue weighted by Gasteiger charge is -2.10. The van der Waals surface area contributed by atoms with Crippen molar-refractivity contribution in [2.45, 2.75) is 12.8 Å². The Hall–Kier alpha value is -1.23. The van der Waals surface area contributed by atoms with Crippen LogP contribution in [0.15, 0.2) is 24.3 Å². The van der Waals surface area contributed by atoms with E-state index in [9.17, 15) is 4.39 Å². The SMILES string of the molecule is Fc1cccc(-c2c(Cl)nc(CC3CCOC3)nc2Cl)c1. The molecule has 0 N–H and O–H groups in total. The Morgan fingerprint density at radius 2 is 2.00 bits per heavy atom. The van der Waals surface area contributed by atoms with E-state index in [1.165, 1.54) is 12.1 Å². The summed E-state index contributed by atoms with van der Waals surface area (Å²) in [5, 5.41) is 0.490. The van der Waals surface area contributed by atoms with E-state index in [-0.39, 0.29) is 16.1 Å². The summed E-state index contributed by atoms with van der Waals surface area (Å²) < 4.78 is 18.7. The predicted molar refractivity (Wildman–Crippen MR) is 80.1 cm³/mol. The number of aromatic nitrogens is 2. The largest absolute Gasteiger partial charge is 0.381 e. The molecular weight excluding hydrogens is 314 g/mol. The zero-order valence-electron chi connectivity index (χ0n) is 11.2. The Balaban J connectivity index is 1.92. The topological polar surface area (TPSA) is 35.0 Å². The summed E-state index contributed by atoms with van der Waals surface area (Å²) >= 11 is 12.4. The number of ether oxygens (including phenoxy) is 1. The van der Waals surface area contributed by atoms with Crippen molar-refractivity contribution in [3.8, 4) is 11.1 Å². The normalized spacial score (nSPS) is 18.1. The third kappa shape index (κ3) is 3.34. The number of benzene rings is 1. The van der Waals surface area contributed by atoms with Gasteiger partial charge in [-0.1, -0.05) is 35.3 Å². The molecule has 21 heavy (non-hydrogen) atoms. The smallest absolute Gasteiger partial charge is 0.142 e. The fourth-order valence-corrected chi connectivity index (χ4v) is 3.07. The molecule has 0 amide bonds. The molecule has 2 aromatic rings.